The molecule has 1 saturated heterocycles. The van der Waals surface area contributed by atoms with Crippen LogP contribution in [0, 0.1) is 5.41 Å². The molecule has 1 aromatic rings. The predicted octanol–water partition coefficient (Wildman–Crippen LogP) is 0.276. The highest BCUT2D eigenvalue weighted by atomic mass is 35.5. The summed E-state index contributed by atoms with van der Waals surface area (Å²) in [5.41, 5.74) is 5.41. The van der Waals surface area contributed by atoms with E-state index in [-0.39, 0.29) is 18.4 Å². The normalized spacial score (nSPS) is 17.3. The molecule has 0 saturated carbocycles. The van der Waals surface area contributed by atoms with Crippen molar-refractivity contribution in [3.05, 3.63) is 11.9 Å². The first-order chi connectivity index (χ1) is 8.37. The topological polar surface area (TPSA) is 92.3 Å². The summed E-state index contributed by atoms with van der Waals surface area (Å²) in [7, 11) is 0. The van der Waals surface area contributed by atoms with Gasteiger partial charge in [-0.05, 0) is 25.5 Å². The summed E-state index contributed by atoms with van der Waals surface area (Å²) in [4.78, 5) is 18.0. The highest BCUT2D eigenvalue weighted by Crippen LogP contribution is 2.24. The van der Waals surface area contributed by atoms with Crippen LogP contribution in [0.15, 0.2) is 6.20 Å². The molecule has 2 N–H and O–H groups in total. The molecule has 0 aliphatic carbocycles. The Morgan fingerprint density at radius 2 is 2.26 bits per heavy atom. The largest absolute Gasteiger partial charge is 0.377 e. The third kappa shape index (κ3) is 3.05. The number of nitrogens with zero attached hydrogens (tertiary/aromatic N) is 3. The van der Waals surface area contributed by atoms with Crippen LogP contribution in [-0.2, 0) is 15.1 Å². The molecule has 0 bridgehead atoms. The lowest BCUT2D eigenvalue weighted by Crippen LogP contribution is -2.54. The van der Waals surface area contributed by atoms with E-state index in [0.717, 1.165) is 4.85 Å². The van der Waals surface area contributed by atoms with Gasteiger partial charge in [-0.15, -0.1) is 17.5 Å². The molecule has 0 unspecified atom stereocenters. The van der Waals surface area contributed by atoms with Gasteiger partial charge in [-0.3, -0.25) is 0 Å². The Kier molecular flexibility index (Phi) is 4.54. The van der Waals surface area contributed by atoms with Crippen LogP contribution in [0.2, 0.25) is 0 Å². The van der Waals surface area contributed by atoms with Gasteiger partial charge in [0.25, 0.3) is 0 Å². The van der Waals surface area contributed by atoms with Crippen LogP contribution in [0.1, 0.15) is 32.9 Å². The monoisotopic (exact) mass is 290 g/mol. The van der Waals surface area contributed by atoms with Crippen LogP contribution in [0.3, 0.4) is 0 Å². The number of hydrogen-bond acceptors (Lipinski definition) is 6. The highest BCUT2D eigenvalue weighted by Gasteiger charge is 2.39. The van der Waals surface area contributed by atoms with Gasteiger partial charge in [0.05, 0.1) is 24.8 Å². The van der Waals surface area contributed by atoms with Crippen LogP contribution >= 0.6 is 12.4 Å². The first kappa shape index (κ1) is 15.9. The standard InChI is InChI=1S/C11H18N4O3.ClH/c1-4-10(2,3)9(16)18-15-5-8(13-14-15)11(12)6-17-7-11;/h5H,4,6-7,12H2,1-3H3;1H. The Labute approximate surface area is 117 Å². The maximum absolute atomic E-state index is 11.8. The lowest BCUT2D eigenvalue weighted by atomic mass is 9.91. The fraction of sp³-hybridized carbons (Fsp3) is 0.727. The van der Waals surface area contributed by atoms with E-state index in [1.807, 2.05) is 20.8 Å². The Hall–Kier alpha value is -1.18. The summed E-state index contributed by atoms with van der Waals surface area (Å²) in [6.45, 7) is 6.36. The molecule has 108 valence electrons. The van der Waals surface area contributed by atoms with E-state index in [9.17, 15) is 4.79 Å². The molecule has 1 aliphatic heterocycles. The Balaban J connectivity index is 0.00000180. The van der Waals surface area contributed by atoms with Crippen molar-refractivity contribution in [1.82, 2.24) is 15.2 Å². The van der Waals surface area contributed by atoms with Crippen LogP contribution < -0.4 is 10.6 Å². The van der Waals surface area contributed by atoms with E-state index in [2.05, 4.69) is 10.3 Å². The van der Waals surface area contributed by atoms with Gasteiger partial charge in [-0.1, -0.05) is 11.8 Å². The van der Waals surface area contributed by atoms with Crippen LogP contribution in [-0.4, -0.2) is 34.3 Å². The number of nitrogens with two attached hydrogens (primary N) is 1. The van der Waals surface area contributed by atoms with E-state index in [1.54, 1.807) is 0 Å². The van der Waals surface area contributed by atoms with Crippen molar-refractivity contribution in [2.45, 2.75) is 32.7 Å². The maximum Gasteiger partial charge on any atom is 0.340 e. The molecular formula is C11H19ClN4O3. The molecule has 1 fully saturated rings. The molecule has 0 amide bonds. The molecule has 0 aromatic carbocycles. The molecule has 2 heterocycles. The van der Waals surface area contributed by atoms with E-state index in [1.165, 1.54) is 6.20 Å². The highest BCUT2D eigenvalue weighted by molar-refractivity contribution is 5.85. The maximum atomic E-state index is 11.8. The summed E-state index contributed by atoms with van der Waals surface area (Å²) >= 11 is 0. The fourth-order valence-electron chi connectivity index (χ4n) is 1.34. The molecule has 8 heteroatoms. The third-order valence-electron chi connectivity index (χ3n) is 3.32. The molecule has 19 heavy (non-hydrogen) atoms. The minimum atomic E-state index is -0.606. The smallest absolute Gasteiger partial charge is 0.340 e. The molecule has 1 aromatic heterocycles. The van der Waals surface area contributed by atoms with Gasteiger partial charge < -0.3 is 15.3 Å². The second kappa shape index (κ2) is 5.44. The van der Waals surface area contributed by atoms with Crippen molar-refractivity contribution < 1.29 is 14.4 Å². The summed E-state index contributed by atoms with van der Waals surface area (Å²) in [5.74, 6) is -0.350. The van der Waals surface area contributed by atoms with Crippen molar-refractivity contribution in [3.8, 4) is 0 Å². The van der Waals surface area contributed by atoms with Gasteiger partial charge >= 0.3 is 5.97 Å². The number of carbonyl (C=O) groups excluding carboxylic acids is 1. The van der Waals surface area contributed by atoms with E-state index >= 15 is 0 Å². The molecular weight excluding hydrogens is 272 g/mol. The molecule has 0 atom stereocenters. The molecule has 0 spiro atoms. The predicted molar refractivity (Wildman–Crippen MR) is 69.6 cm³/mol. The first-order valence-corrected chi connectivity index (χ1v) is 5.90. The molecule has 7 nitrogen and oxygen atoms in total. The van der Waals surface area contributed by atoms with Crippen LogP contribution in [0.25, 0.3) is 0 Å². The minimum Gasteiger partial charge on any atom is -0.377 e. The van der Waals surface area contributed by atoms with E-state index < -0.39 is 11.0 Å². The van der Waals surface area contributed by atoms with Crippen molar-refractivity contribution in [2.24, 2.45) is 11.1 Å². The number of hydrogen-bond donors (Lipinski definition) is 1. The van der Waals surface area contributed by atoms with Crippen LogP contribution in [0.5, 0.6) is 0 Å². The fourth-order valence-corrected chi connectivity index (χ4v) is 1.34. The van der Waals surface area contributed by atoms with Crippen molar-refractivity contribution in [3.63, 3.8) is 0 Å². The van der Waals surface area contributed by atoms with E-state index in [0.29, 0.717) is 25.3 Å². The van der Waals surface area contributed by atoms with Gasteiger partial charge in [0.1, 0.15) is 11.2 Å². The van der Waals surface area contributed by atoms with Gasteiger partial charge in [-0.2, -0.15) is 0 Å². The van der Waals surface area contributed by atoms with E-state index in [4.69, 9.17) is 15.3 Å². The molecule has 2 rings (SSSR count). The Morgan fingerprint density at radius 1 is 1.63 bits per heavy atom. The second-order valence-corrected chi connectivity index (χ2v) is 5.27. The van der Waals surface area contributed by atoms with Crippen molar-refractivity contribution in [2.75, 3.05) is 13.2 Å². The number of ether oxygens (including phenoxy) is 1. The first-order valence-electron chi connectivity index (χ1n) is 5.90. The molecule has 1 aliphatic rings. The van der Waals surface area contributed by atoms with Gasteiger partial charge in [0, 0.05) is 0 Å². The van der Waals surface area contributed by atoms with Crippen LogP contribution in [0.4, 0.5) is 0 Å². The summed E-state index contributed by atoms with van der Waals surface area (Å²) < 4.78 is 5.04. The lowest BCUT2D eigenvalue weighted by Gasteiger charge is -2.35. The summed E-state index contributed by atoms with van der Waals surface area (Å²) in [6, 6.07) is 0. The Bertz CT molecular complexity index is 457. The van der Waals surface area contributed by atoms with Gasteiger partial charge in [0.15, 0.2) is 0 Å². The molecule has 0 radical (unpaired) electrons. The van der Waals surface area contributed by atoms with Crippen molar-refractivity contribution in [1.29, 1.82) is 0 Å². The minimum absolute atomic E-state index is 0. The zero-order chi connectivity index (χ0) is 13.4. The number of carbonyl (C=O) groups is 1. The average Bonchev–Trinajstić information content (AvgIpc) is 2.74. The number of halogens is 1. The van der Waals surface area contributed by atoms with Crippen molar-refractivity contribution >= 4 is 18.4 Å². The zero-order valence-corrected chi connectivity index (χ0v) is 12.1. The summed E-state index contributed by atoms with van der Waals surface area (Å²) in [6.07, 6.45) is 2.20. The zero-order valence-electron chi connectivity index (χ0n) is 11.3. The number of rotatable bonds is 4. The number of aromatic nitrogens is 3. The second-order valence-electron chi connectivity index (χ2n) is 5.27. The van der Waals surface area contributed by atoms with Gasteiger partial charge in [0.2, 0.25) is 0 Å². The lowest BCUT2D eigenvalue weighted by molar-refractivity contribution is -0.156. The third-order valence-corrected chi connectivity index (χ3v) is 3.32. The average molecular weight is 291 g/mol. The van der Waals surface area contributed by atoms with Gasteiger partial charge in [-0.25, -0.2) is 4.79 Å². The SMILES string of the molecule is CCC(C)(C)C(=O)On1cc(C2(N)COC2)nn1.Cl. The summed E-state index contributed by atoms with van der Waals surface area (Å²) in [5, 5.41) is 7.64. The quantitative estimate of drug-likeness (QED) is 0.801. The Morgan fingerprint density at radius 3 is 2.74 bits per heavy atom.